The Hall–Kier alpha value is -2.51. The summed E-state index contributed by atoms with van der Waals surface area (Å²) in [4.78, 5) is 18.3. The van der Waals surface area contributed by atoms with Gasteiger partial charge in [-0.1, -0.05) is 29.8 Å². The van der Waals surface area contributed by atoms with E-state index < -0.39 is 0 Å². The van der Waals surface area contributed by atoms with Crippen LogP contribution < -0.4 is 5.32 Å². The van der Waals surface area contributed by atoms with E-state index >= 15 is 0 Å². The van der Waals surface area contributed by atoms with E-state index in [-0.39, 0.29) is 6.04 Å². The first-order valence-electron chi connectivity index (χ1n) is 8.57. The van der Waals surface area contributed by atoms with Crippen LogP contribution in [0.5, 0.6) is 0 Å². The highest BCUT2D eigenvalue weighted by molar-refractivity contribution is 5.81. The second-order valence-electron chi connectivity index (χ2n) is 6.28. The molecule has 1 saturated heterocycles. The zero-order valence-corrected chi connectivity index (χ0v) is 14.3. The van der Waals surface area contributed by atoms with Gasteiger partial charge in [0, 0.05) is 19.6 Å². The lowest BCUT2D eigenvalue weighted by atomic mass is 10.0. The standard InChI is InChI=1S/C18H22N6O/c1-13-3-2-4-14(9-13)15(24-5-7-25-8-6-24)10-19-17-16-18(21-11-20-16)23-12-22-17/h2-4,9,11-12,15H,5-8,10H2,1H3,(H2,19,20,21,22,23)/t15-/m0/s1. The average Bonchev–Trinajstić information content (AvgIpc) is 3.12. The van der Waals surface area contributed by atoms with Crippen LogP contribution in [0.25, 0.3) is 11.2 Å². The first kappa shape index (κ1) is 16.0. The monoisotopic (exact) mass is 338 g/mol. The van der Waals surface area contributed by atoms with Crippen LogP contribution in [-0.4, -0.2) is 57.7 Å². The fraction of sp³-hybridized carbons (Fsp3) is 0.389. The van der Waals surface area contributed by atoms with Gasteiger partial charge in [0.25, 0.3) is 0 Å². The smallest absolute Gasteiger partial charge is 0.182 e. The minimum absolute atomic E-state index is 0.261. The second-order valence-corrected chi connectivity index (χ2v) is 6.28. The second kappa shape index (κ2) is 7.16. The third-order valence-corrected chi connectivity index (χ3v) is 4.60. The zero-order chi connectivity index (χ0) is 17.1. The number of nitrogens with one attached hydrogen (secondary N) is 2. The summed E-state index contributed by atoms with van der Waals surface area (Å²) in [5, 5.41) is 3.48. The molecular formula is C18H22N6O. The first-order chi connectivity index (χ1) is 12.3. The predicted octanol–water partition coefficient (Wildman–Crippen LogP) is 2.15. The topological polar surface area (TPSA) is 79.0 Å². The van der Waals surface area contributed by atoms with Gasteiger partial charge in [-0.25, -0.2) is 15.0 Å². The molecule has 130 valence electrons. The fourth-order valence-electron chi connectivity index (χ4n) is 3.32. The van der Waals surface area contributed by atoms with Gasteiger partial charge in [0.2, 0.25) is 0 Å². The molecule has 25 heavy (non-hydrogen) atoms. The lowest BCUT2D eigenvalue weighted by molar-refractivity contribution is 0.0187. The normalized spacial score (nSPS) is 16.8. The molecule has 3 aromatic rings. The van der Waals surface area contributed by atoms with Crippen molar-refractivity contribution < 1.29 is 4.74 Å². The van der Waals surface area contributed by atoms with Crippen LogP contribution >= 0.6 is 0 Å². The van der Waals surface area contributed by atoms with Crippen LogP contribution in [0, 0.1) is 6.92 Å². The molecule has 1 aromatic carbocycles. The number of nitrogens with zero attached hydrogens (tertiary/aromatic N) is 4. The number of fused-ring (bicyclic) bond motifs is 1. The van der Waals surface area contributed by atoms with Gasteiger partial charge in [-0.2, -0.15) is 0 Å². The molecular weight excluding hydrogens is 316 g/mol. The van der Waals surface area contributed by atoms with E-state index in [2.05, 4.69) is 61.3 Å². The number of aromatic amines is 1. The minimum atomic E-state index is 0.261. The van der Waals surface area contributed by atoms with Gasteiger partial charge in [0.1, 0.15) is 11.8 Å². The van der Waals surface area contributed by atoms with Crippen molar-refractivity contribution in [3.63, 3.8) is 0 Å². The molecule has 0 aliphatic carbocycles. The van der Waals surface area contributed by atoms with Gasteiger partial charge < -0.3 is 15.0 Å². The number of anilines is 1. The van der Waals surface area contributed by atoms with Crippen LogP contribution in [-0.2, 0) is 4.74 Å². The summed E-state index contributed by atoms with van der Waals surface area (Å²) in [7, 11) is 0. The molecule has 7 heteroatoms. The molecule has 0 bridgehead atoms. The van der Waals surface area contributed by atoms with Crippen molar-refractivity contribution in [1.82, 2.24) is 24.8 Å². The van der Waals surface area contributed by atoms with Gasteiger partial charge in [-0.3, -0.25) is 4.90 Å². The van der Waals surface area contributed by atoms with E-state index in [0.29, 0.717) is 5.65 Å². The number of hydrogen-bond donors (Lipinski definition) is 2. The average molecular weight is 338 g/mol. The maximum absolute atomic E-state index is 5.52. The molecule has 1 fully saturated rings. The molecule has 1 atom stereocenters. The number of H-pyrrole nitrogens is 1. The van der Waals surface area contributed by atoms with E-state index in [4.69, 9.17) is 4.74 Å². The molecule has 0 unspecified atom stereocenters. The van der Waals surface area contributed by atoms with E-state index in [0.717, 1.165) is 44.2 Å². The molecule has 1 aliphatic heterocycles. The van der Waals surface area contributed by atoms with E-state index in [1.54, 1.807) is 12.7 Å². The number of imidazole rings is 1. The van der Waals surface area contributed by atoms with Crippen molar-refractivity contribution in [3.05, 3.63) is 48.0 Å². The molecule has 2 N–H and O–H groups in total. The maximum atomic E-state index is 5.52. The molecule has 2 aromatic heterocycles. The summed E-state index contributed by atoms with van der Waals surface area (Å²) in [6.07, 6.45) is 3.19. The van der Waals surface area contributed by atoms with Crippen LogP contribution in [0.1, 0.15) is 17.2 Å². The van der Waals surface area contributed by atoms with Gasteiger partial charge in [-0.05, 0) is 12.5 Å². The Bertz CT molecular complexity index is 842. The number of aromatic nitrogens is 4. The summed E-state index contributed by atoms with van der Waals surface area (Å²) in [6, 6.07) is 8.97. The summed E-state index contributed by atoms with van der Waals surface area (Å²) < 4.78 is 5.52. The Kier molecular flexibility index (Phi) is 4.58. The van der Waals surface area contributed by atoms with Crippen LogP contribution in [0.15, 0.2) is 36.9 Å². The van der Waals surface area contributed by atoms with Crippen molar-refractivity contribution in [2.24, 2.45) is 0 Å². The molecule has 3 heterocycles. The number of benzene rings is 1. The Morgan fingerprint density at radius 3 is 2.96 bits per heavy atom. The highest BCUT2D eigenvalue weighted by Crippen LogP contribution is 2.24. The molecule has 1 aliphatic rings. The third-order valence-electron chi connectivity index (χ3n) is 4.60. The summed E-state index contributed by atoms with van der Waals surface area (Å²) in [5.41, 5.74) is 4.10. The first-order valence-corrected chi connectivity index (χ1v) is 8.57. The number of hydrogen-bond acceptors (Lipinski definition) is 6. The third kappa shape index (κ3) is 3.47. The van der Waals surface area contributed by atoms with Gasteiger partial charge in [0.05, 0.1) is 25.6 Å². The highest BCUT2D eigenvalue weighted by atomic mass is 16.5. The van der Waals surface area contributed by atoms with Crippen LogP contribution in [0.3, 0.4) is 0 Å². The molecule has 0 radical (unpaired) electrons. The fourth-order valence-corrected chi connectivity index (χ4v) is 3.32. The Morgan fingerprint density at radius 1 is 1.24 bits per heavy atom. The molecule has 0 spiro atoms. The quantitative estimate of drug-likeness (QED) is 0.742. The summed E-state index contributed by atoms with van der Waals surface area (Å²) in [6.45, 7) is 6.31. The van der Waals surface area contributed by atoms with E-state index in [1.165, 1.54) is 11.1 Å². The van der Waals surface area contributed by atoms with Crippen molar-refractivity contribution >= 4 is 17.0 Å². The van der Waals surface area contributed by atoms with Gasteiger partial charge in [-0.15, -0.1) is 0 Å². The minimum Gasteiger partial charge on any atom is -0.379 e. The van der Waals surface area contributed by atoms with Crippen molar-refractivity contribution in [1.29, 1.82) is 0 Å². The van der Waals surface area contributed by atoms with Crippen molar-refractivity contribution in [3.8, 4) is 0 Å². The molecule has 7 nitrogen and oxygen atoms in total. The SMILES string of the molecule is Cc1cccc([C@H](CNc2ncnc3nc[nH]c23)N2CCOCC2)c1. The maximum Gasteiger partial charge on any atom is 0.182 e. The van der Waals surface area contributed by atoms with Gasteiger partial charge in [0.15, 0.2) is 11.5 Å². The van der Waals surface area contributed by atoms with Crippen LogP contribution in [0.4, 0.5) is 5.82 Å². The summed E-state index contributed by atoms with van der Waals surface area (Å²) in [5.74, 6) is 0.786. The summed E-state index contributed by atoms with van der Waals surface area (Å²) >= 11 is 0. The highest BCUT2D eigenvalue weighted by Gasteiger charge is 2.23. The van der Waals surface area contributed by atoms with E-state index in [9.17, 15) is 0 Å². The Morgan fingerprint density at radius 2 is 2.12 bits per heavy atom. The van der Waals surface area contributed by atoms with Gasteiger partial charge >= 0.3 is 0 Å². The van der Waals surface area contributed by atoms with Crippen molar-refractivity contribution in [2.45, 2.75) is 13.0 Å². The number of ether oxygens (including phenoxy) is 1. The lowest BCUT2D eigenvalue weighted by Gasteiger charge is -2.35. The predicted molar refractivity (Wildman–Crippen MR) is 96.5 cm³/mol. The Balaban J connectivity index is 1.58. The van der Waals surface area contributed by atoms with E-state index in [1.807, 2.05) is 0 Å². The lowest BCUT2D eigenvalue weighted by Crippen LogP contribution is -2.41. The Labute approximate surface area is 146 Å². The molecule has 0 amide bonds. The number of morpholine rings is 1. The largest absolute Gasteiger partial charge is 0.379 e. The number of aryl methyl sites for hydroxylation is 1. The van der Waals surface area contributed by atoms with Crippen molar-refractivity contribution in [2.75, 3.05) is 38.2 Å². The van der Waals surface area contributed by atoms with Crippen LogP contribution in [0.2, 0.25) is 0 Å². The zero-order valence-electron chi connectivity index (χ0n) is 14.3. The molecule has 0 saturated carbocycles. The molecule has 4 rings (SSSR count). The number of rotatable bonds is 5.